The maximum atomic E-state index is 13.1. The van der Waals surface area contributed by atoms with E-state index in [-0.39, 0.29) is 5.02 Å². The summed E-state index contributed by atoms with van der Waals surface area (Å²) in [5.41, 5.74) is 1.48. The van der Waals surface area contributed by atoms with Crippen molar-refractivity contribution >= 4 is 51.1 Å². The fourth-order valence-corrected chi connectivity index (χ4v) is 2.50. The van der Waals surface area contributed by atoms with Gasteiger partial charge in [0.1, 0.15) is 5.82 Å². The summed E-state index contributed by atoms with van der Waals surface area (Å²) in [5.74, 6) is -0.465. The van der Waals surface area contributed by atoms with Crippen LogP contribution in [0.4, 0.5) is 15.8 Å². The SMILES string of the molecule is Fc1ccc(NC(=S)Nc2cccc3cnccc23)cc1Cl. The lowest BCUT2D eigenvalue weighted by atomic mass is 10.1. The molecule has 3 nitrogen and oxygen atoms in total. The summed E-state index contributed by atoms with van der Waals surface area (Å²) in [4.78, 5) is 4.09. The van der Waals surface area contributed by atoms with Gasteiger partial charge in [-0.2, -0.15) is 0 Å². The first-order valence-corrected chi connectivity index (χ1v) is 7.28. The molecule has 2 N–H and O–H groups in total. The molecule has 0 atom stereocenters. The van der Waals surface area contributed by atoms with E-state index in [2.05, 4.69) is 15.6 Å². The number of benzene rings is 2. The van der Waals surface area contributed by atoms with E-state index in [1.54, 1.807) is 18.5 Å². The van der Waals surface area contributed by atoms with Crippen molar-refractivity contribution in [2.24, 2.45) is 0 Å². The lowest BCUT2D eigenvalue weighted by molar-refractivity contribution is 0.628. The first kappa shape index (κ1) is 14.7. The first-order valence-electron chi connectivity index (χ1n) is 6.49. The monoisotopic (exact) mass is 331 g/mol. The van der Waals surface area contributed by atoms with Crippen molar-refractivity contribution in [2.45, 2.75) is 0 Å². The molecule has 3 rings (SSSR count). The van der Waals surface area contributed by atoms with E-state index in [1.807, 2.05) is 24.3 Å². The van der Waals surface area contributed by atoms with Crippen LogP contribution in [-0.4, -0.2) is 10.1 Å². The number of rotatable bonds is 2. The smallest absolute Gasteiger partial charge is 0.175 e. The van der Waals surface area contributed by atoms with Crippen molar-refractivity contribution in [3.63, 3.8) is 0 Å². The molecule has 110 valence electrons. The van der Waals surface area contributed by atoms with Gasteiger partial charge in [-0.05, 0) is 42.5 Å². The summed E-state index contributed by atoms with van der Waals surface area (Å²) in [6.45, 7) is 0. The molecule has 2 aromatic carbocycles. The second kappa shape index (κ2) is 6.25. The van der Waals surface area contributed by atoms with Gasteiger partial charge in [-0.25, -0.2) is 4.39 Å². The molecular weight excluding hydrogens is 321 g/mol. The predicted octanol–water partition coefficient (Wildman–Crippen LogP) is 4.84. The highest BCUT2D eigenvalue weighted by Gasteiger charge is 2.05. The number of aromatic nitrogens is 1. The number of thiocarbonyl (C=S) groups is 1. The Hall–Kier alpha value is -2.24. The zero-order valence-corrected chi connectivity index (χ0v) is 12.9. The maximum absolute atomic E-state index is 13.1. The second-order valence-corrected chi connectivity index (χ2v) is 5.43. The second-order valence-electron chi connectivity index (χ2n) is 4.61. The Kier molecular flexibility index (Phi) is 4.18. The Morgan fingerprint density at radius 1 is 1.14 bits per heavy atom. The highest BCUT2D eigenvalue weighted by molar-refractivity contribution is 7.80. The molecule has 22 heavy (non-hydrogen) atoms. The standard InChI is InChI=1S/C16H11ClFN3S/c17-13-8-11(4-5-14(13)18)20-16(22)21-15-3-1-2-10-9-19-7-6-12(10)15/h1-9H,(H2,20,21,22). The number of nitrogens with one attached hydrogen (secondary N) is 2. The van der Waals surface area contributed by atoms with Crippen LogP contribution in [0.3, 0.4) is 0 Å². The largest absolute Gasteiger partial charge is 0.332 e. The number of halogens is 2. The molecule has 0 aliphatic rings. The van der Waals surface area contributed by atoms with Crippen LogP contribution in [0, 0.1) is 5.82 Å². The molecule has 3 aromatic rings. The van der Waals surface area contributed by atoms with Crippen LogP contribution in [0.5, 0.6) is 0 Å². The van der Waals surface area contributed by atoms with Crippen molar-refractivity contribution in [2.75, 3.05) is 10.6 Å². The van der Waals surface area contributed by atoms with Gasteiger partial charge >= 0.3 is 0 Å². The third-order valence-electron chi connectivity index (χ3n) is 3.11. The number of fused-ring (bicyclic) bond motifs is 1. The van der Waals surface area contributed by atoms with Crippen LogP contribution in [0.15, 0.2) is 54.9 Å². The Bertz CT molecular complexity index is 848. The predicted molar refractivity (Wildman–Crippen MR) is 93.0 cm³/mol. The van der Waals surface area contributed by atoms with Crippen molar-refractivity contribution in [1.29, 1.82) is 0 Å². The van der Waals surface area contributed by atoms with Crippen molar-refractivity contribution in [1.82, 2.24) is 4.98 Å². The van der Waals surface area contributed by atoms with E-state index in [4.69, 9.17) is 23.8 Å². The number of hydrogen-bond donors (Lipinski definition) is 2. The van der Waals surface area contributed by atoms with Gasteiger partial charge in [0.05, 0.1) is 5.02 Å². The van der Waals surface area contributed by atoms with Crippen LogP contribution in [0.1, 0.15) is 0 Å². The minimum absolute atomic E-state index is 0.0454. The van der Waals surface area contributed by atoms with E-state index in [1.165, 1.54) is 12.1 Å². The van der Waals surface area contributed by atoms with Crippen molar-refractivity contribution in [3.8, 4) is 0 Å². The average molecular weight is 332 g/mol. The quantitative estimate of drug-likeness (QED) is 0.659. The first-order chi connectivity index (χ1) is 10.6. The Morgan fingerprint density at radius 3 is 2.82 bits per heavy atom. The Morgan fingerprint density at radius 2 is 2.00 bits per heavy atom. The average Bonchev–Trinajstić information content (AvgIpc) is 2.51. The number of anilines is 2. The fraction of sp³-hybridized carbons (Fsp3) is 0. The minimum Gasteiger partial charge on any atom is -0.332 e. The number of pyridine rings is 1. The van der Waals surface area contributed by atoms with Gasteiger partial charge in [0.2, 0.25) is 0 Å². The van der Waals surface area contributed by atoms with Crippen LogP contribution in [-0.2, 0) is 0 Å². The molecule has 0 fully saturated rings. The summed E-state index contributed by atoms with van der Waals surface area (Å²) in [5, 5.41) is 8.57. The molecule has 0 saturated carbocycles. The summed E-state index contributed by atoms with van der Waals surface area (Å²) in [6.07, 6.45) is 3.51. The normalized spacial score (nSPS) is 10.5. The van der Waals surface area contributed by atoms with E-state index in [0.717, 1.165) is 16.5 Å². The van der Waals surface area contributed by atoms with Gasteiger partial charge in [-0.1, -0.05) is 23.7 Å². The fourth-order valence-electron chi connectivity index (χ4n) is 2.09. The number of nitrogens with zero attached hydrogens (tertiary/aromatic N) is 1. The van der Waals surface area contributed by atoms with Crippen LogP contribution in [0.2, 0.25) is 5.02 Å². The molecule has 1 heterocycles. The number of hydrogen-bond acceptors (Lipinski definition) is 2. The van der Waals surface area contributed by atoms with Crippen molar-refractivity contribution in [3.05, 3.63) is 65.7 Å². The van der Waals surface area contributed by atoms with Crippen molar-refractivity contribution < 1.29 is 4.39 Å². The molecule has 0 aliphatic heterocycles. The van der Waals surface area contributed by atoms with E-state index in [0.29, 0.717) is 10.8 Å². The Balaban J connectivity index is 1.80. The molecule has 1 aromatic heterocycles. The maximum Gasteiger partial charge on any atom is 0.175 e. The molecule has 0 spiro atoms. The topological polar surface area (TPSA) is 37.0 Å². The van der Waals surface area contributed by atoms with E-state index >= 15 is 0 Å². The molecule has 0 unspecified atom stereocenters. The molecule has 6 heteroatoms. The van der Waals surface area contributed by atoms with Gasteiger partial charge in [0, 0.05) is 34.5 Å². The Labute approximate surface area is 137 Å². The van der Waals surface area contributed by atoms with Gasteiger partial charge < -0.3 is 10.6 Å². The zero-order chi connectivity index (χ0) is 15.5. The lowest BCUT2D eigenvalue weighted by Gasteiger charge is -2.12. The summed E-state index contributed by atoms with van der Waals surface area (Å²) in [7, 11) is 0. The molecule has 0 amide bonds. The zero-order valence-electron chi connectivity index (χ0n) is 11.3. The van der Waals surface area contributed by atoms with Gasteiger partial charge in [-0.15, -0.1) is 0 Å². The van der Waals surface area contributed by atoms with Crippen LogP contribution < -0.4 is 10.6 Å². The molecule has 0 aliphatic carbocycles. The molecule has 0 saturated heterocycles. The van der Waals surface area contributed by atoms with E-state index < -0.39 is 5.82 Å². The third kappa shape index (κ3) is 3.16. The van der Waals surface area contributed by atoms with Crippen LogP contribution in [0.25, 0.3) is 10.8 Å². The molecule has 0 radical (unpaired) electrons. The molecule has 0 bridgehead atoms. The van der Waals surface area contributed by atoms with Gasteiger partial charge in [0.25, 0.3) is 0 Å². The highest BCUT2D eigenvalue weighted by Crippen LogP contribution is 2.23. The summed E-state index contributed by atoms with van der Waals surface area (Å²) in [6, 6.07) is 12.1. The highest BCUT2D eigenvalue weighted by atomic mass is 35.5. The van der Waals surface area contributed by atoms with Gasteiger partial charge in [0.15, 0.2) is 5.11 Å². The molecular formula is C16H11ClFN3S. The van der Waals surface area contributed by atoms with Crippen LogP contribution >= 0.6 is 23.8 Å². The van der Waals surface area contributed by atoms with E-state index in [9.17, 15) is 4.39 Å². The summed E-state index contributed by atoms with van der Waals surface area (Å²) >= 11 is 11.0. The summed E-state index contributed by atoms with van der Waals surface area (Å²) < 4.78 is 13.1. The lowest BCUT2D eigenvalue weighted by Crippen LogP contribution is -2.19. The minimum atomic E-state index is -0.465. The third-order valence-corrected chi connectivity index (χ3v) is 3.60. The van der Waals surface area contributed by atoms with Gasteiger partial charge in [-0.3, -0.25) is 4.98 Å².